The van der Waals surface area contributed by atoms with Gasteiger partial charge in [-0.2, -0.15) is 10.2 Å². The van der Waals surface area contributed by atoms with Crippen LogP contribution in [0.2, 0.25) is 0 Å². The molecule has 19 heavy (non-hydrogen) atoms. The minimum absolute atomic E-state index is 0.0831. The Bertz CT molecular complexity index is 688. The molecule has 0 spiro atoms. The third kappa shape index (κ3) is 2.00. The van der Waals surface area contributed by atoms with Crippen molar-refractivity contribution < 1.29 is 0 Å². The molecule has 0 fully saturated rings. The van der Waals surface area contributed by atoms with E-state index < -0.39 is 0 Å². The van der Waals surface area contributed by atoms with Crippen molar-refractivity contribution in [3.05, 3.63) is 60.0 Å². The van der Waals surface area contributed by atoms with Crippen molar-refractivity contribution in [3.8, 4) is 0 Å². The first-order chi connectivity index (χ1) is 9.31. The van der Waals surface area contributed by atoms with Crippen LogP contribution in [0.3, 0.4) is 0 Å². The fraction of sp³-hybridized carbons (Fsp3) is 0.200. The molecule has 0 saturated carbocycles. The molecule has 1 unspecified atom stereocenters. The van der Waals surface area contributed by atoms with E-state index in [2.05, 4.69) is 46.2 Å². The van der Waals surface area contributed by atoms with E-state index in [1.165, 1.54) is 16.5 Å². The third-order valence-electron chi connectivity index (χ3n) is 3.49. The quantitative estimate of drug-likeness (QED) is 0.776. The lowest BCUT2D eigenvalue weighted by Gasteiger charge is -2.12. The molecular weight excluding hydrogens is 236 g/mol. The van der Waals surface area contributed by atoms with Crippen LogP contribution >= 0.6 is 0 Å². The number of para-hydroxylation sites is 1. The lowest BCUT2D eigenvalue weighted by Crippen LogP contribution is -2.15. The topological polar surface area (TPSA) is 56.7 Å². The molecule has 2 heterocycles. The van der Waals surface area contributed by atoms with E-state index in [4.69, 9.17) is 5.73 Å². The van der Waals surface area contributed by atoms with Gasteiger partial charge in [-0.15, -0.1) is 0 Å². The maximum atomic E-state index is 5.96. The fourth-order valence-electron chi connectivity index (χ4n) is 2.56. The van der Waals surface area contributed by atoms with Crippen molar-refractivity contribution in [3.63, 3.8) is 0 Å². The average Bonchev–Trinajstić information content (AvgIpc) is 2.79. The van der Waals surface area contributed by atoms with Gasteiger partial charge in [0.2, 0.25) is 0 Å². The number of hydrogen-bond donors (Lipinski definition) is 1. The first kappa shape index (κ1) is 11.9. The van der Waals surface area contributed by atoms with Crippen LogP contribution in [0.1, 0.15) is 17.2 Å². The first-order valence-corrected chi connectivity index (χ1v) is 6.33. The van der Waals surface area contributed by atoms with E-state index >= 15 is 0 Å². The number of aryl methyl sites for hydroxylation is 1. The molecule has 3 aromatic rings. The van der Waals surface area contributed by atoms with Crippen LogP contribution < -0.4 is 5.73 Å². The van der Waals surface area contributed by atoms with Gasteiger partial charge in [0.25, 0.3) is 0 Å². The summed E-state index contributed by atoms with van der Waals surface area (Å²) in [5, 5.41) is 9.38. The van der Waals surface area contributed by atoms with Crippen LogP contribution in [-0.4, -0.2) is 21.3 Å². The molecule has 2 N–H and O–H groups in total. The summed E-state index contributed by atoms with van der Waals surface area (Å²) in [5.41, 5.74) is 9.30. The maximum absolute atomic E-state index is 5.96. The minimum Gasteiger partial charge on any atom is -0.350 e. The van der Waals surface area contributed by atoms with E-state index in [1.54, 1.807) is 6.20 Å². The van der Waals surface area contributed by atoms with Crippen LogP contribution in [0.4, 0.5) is 0 Å². The van der Waals surface area contributed by atoms with Gasteiger partial charge in [0.1, 0.15) is 0 Å². The zero-order chi connectivity index (χ0) is 13.2. The second-order valence-electron chi connectivity index (χ2n) is 4.65. The van der Waals surface area contributed by atoms with E-state index in [9.17, 15) is 0 Å². The predicted molar refractivity (Wildman–Crippen MR) is 75.8 cm³/mol. The minimum atomic E-state index is 0.0831. The zero-order valence-corrected chi connectivity index (χ0v) is 10.8. The SMILES string of the molecule is Cn1cc(C(CN)c2cccnn2)c2ccccc21. The van der Waals surface area contributed by atoms with E-state index in [1.807, 2.05) is 18.2 Å². The maximum Gasteiger partial charge on any atom is 0.0719 e. The Morgan fingerprint density at radius 1 is 1.21 bits per heavy atom. The van der Waals surface area contributed by atoms with Gasteiger partial charge < -0.3 is 10.3 Å². The number of nitrogens with zero attached hydrogens (tertiary/aromatic N) is 3. The van der Waals surface area contributed by atoms with Crippen molar-refractivity contribution >= 4 is 10.9 Å². The summed E-state index contributed by atoms with van der Waals surface area (Å²) < 4.78 is 2.13. The van der Waals surface area contributed by atoms with Crippen LogP contribution in [0.15, 0.2) is 48.8 Å². The lowest BCUT2D eigenvalue weighted by molar-refractivity contribution is 0.760. The Labute approximate surface area is 111 Å². The summed E-state index contributed by atoms with van der Waals surface area (Å²) in [4.78, 5) is 0. The van der Waals surface area contributed by atoms with Crippen molar-refractivity contribution in [2.75, 3.05) is 6.54 Å². The third-order valence-corrected chi connectivity index (χ3v) is 3.49. The van der Waals surface area contributed by atoms with Gasteiger partial charge in [-0.05, 0) is 23.8 Å². The normalized spacial score (nSPS) is 12.7. The van der Waals surface area contributed by atoms with Gasteiger partial charge in [0, 0.05) is 42.8 Å². The molecule has 3 rings (SSSR count). The Kier molecular flexibility index (Phi) is 3.01. The number of fused-ring (bicyclic) bond motifs is 1. The summed E-state index contributed by atoms with van der Waals surface area (Å²) in [6.45, 7) is 0.521. The molecule has 0 bridgehead atoms. The molecule has 0 saturated heterocycles. The van der Waals surface area contributed by atoms with E-state index in [0.717, 1.165) is 5.69 Å². The molecule has 0 aliphatic carbocycles. The van der Waals surface area contributed by atoms with Gasteiger partial charge in [-0.3, -0.25) is 0 Å². The number of hydrogen-bond acceptors (Lipinski definition) is 3. The standard InChI is InChI=1S/C15H16N4/c1-19-10-13(11-5-2-3-7-15(11)19)12(9-16)14-6-4-8-17-18-14/h2-8,10,12H,9,16H2,1H3. The van der Waals surface area contributed by atoms with Gasteiger partial charge in [-0.25, -0.2) is 0 Å². The molecule has 0 aliphatic heterocycles. The number of nitrogens with two attached hydrogens (primary N) is 1. The van der Waals surface area contributed by atoms with Gasteiger partial charge in [0.05, 0.1) is 5.69 Å². The Balaban J connectivity index is 2.17. The van der Waals surface area contributed by atoms with Crippen molar-refractivity contribution in [2.24, 2.45) is 12.8 Å². The molecule has 4 heteroatoms. The summed E-state index contributed by atoms with van der Waals surface area (Å²) in [6, 6.07) is 12.2. The summed E-state index contributed by atoms with van der Waals surface area (Å²) in [7, 11) is 2.05. The smallest absolute Gasteiger partial charge is 0.0719 e. The number of aromatic nitrogens is 3. The van der Waals surface area contributed by atoms with E-state index in [0.29, 0.717) is 6.54 Å². The summed E-state index contributed by atoms with van der Waals surface area (Å²) >= 11 is 0. The van der Waals surface area contributed by atoms with Gasteiger partial charge in [-0.1, -0.05) is 18.2 Å². The highest BCUT2D eigenvalue weighted by Gasteiger charge is 2.18. The molecule has 1 atom stereocenters. The molecule has 4 nitrogen and oxygen atoms in total. The highest BCUT2D eigenvalue weighted by Crippen LogP contribution is 2.30. The van der Waals surface area contributed by atoms with Gasteiger partial charge in [0.15, 0.2) is 0 Å². The van der Waals surface area contributed by atoms with Crippen LogP contribution in [0, 0.1) is 0 Å². The molecule has 2 aromatic heterocycles. The summed E-state index contributed by atoms with van der Waals surface area (Å²) in [5.74, 6) is 0.0831. The highest BCUT2D eigenvalue weighted by atomic mass is 15.1. The van der Waals surface area contributed by atoms with Crippen LogP contribution in [0.5, 0.6) is 0 Å². The first-order valence-electron chi connectivity index (χ1n) is 6.33. The summed E-state index contributed by atoms with van der Waals surface area (Å²) in [6.07, 6.45) is 3.82. The number of rotatable bonds is 3. The van der Waals surface area contributed by atoms with Crippen molar-refractivity contribution in [1.82, 2.24) is 14.8 Å². The second kappa shape index (κ2) is 4.82. The molecule has 0 radical (unpaired) electrons. The Morgan fingerprint density at radius 2 is 2.05 bits per heavy atom. The van der Waals surface area contributed by atoms with Gasteiger partial charge >= 0.3 is 0 Å². The highest BCUT2D eigenvalue weighted by molar-refractivity contribution is 5.84. The van der Waals surface area contributed by atoms with Crippen LogP contribution in [0.25, 0.3) is 10.9 Å². The second-order valence-corrected chi connectivity index (χ2v) is 4.65. The number of benzene rings is 1. The molecule has 96 valence electrons. The zero-order valence-electron chi connectivity index (χ0n) is 10.8. The molecule has 0 amide bonds. The lowest BCUT2D eigenvalue weighted by atomic mass is 9.95. The Hall–Kier alpha value is -2.20. The monoisotopic (exact) mass is 252 g/mol. The van der Waals surface area contributed by atoms with Crippen molar-refractivity contribution in [1.29, 1.82) is 0 Å². The Morgan fingerprint density at radius 3 is 2.79 bits per heavy atom. The predicted octanol–water partition coefficient (Wildman–Crippen LogP) is 2.06. The van der Waals surface area contributed by atoms with Crippen molar-refractivity contribution in [2.45, 2.75) is 5.92 Å². The average molecular weight is 252 g/mol. The fourth-order valence-corrected chi connectivity index (χ4v) is 2.56. The van der Waals surface area contributed by atoms with Crippen LogP contribution in [-0.2, 0) is 7.05 Å². The largest absolute Gasteiger partial charge is 0.350 e. The van der Waals surface area contributed by atoms with E-state index in [-0.39, 0.29) is 5.92 Å². The molecule has 1 aromatic carbocycles. The molecule has 0 aliphatic rings. The molecular formula is C15H16N4.